The summed E-state index contributed by atoms with van der Waals surface area (Å²) in [6.45, 7) is 1.87. The number of amides is 1. The molecule has 1 aromatic rings. The van der Waals surface area contributed by atoms with E-state index in [1.165, 1.54) is 0 Å². The fourth-order valence-corrected chi connectivity index (χ4v) is 2.12. The summed E-state index contributed by atoms with van der Waals surface area (Å²) >= 11 is 6.09. The molecule has 0 bridgehead atoms. The smallest absolute Gasteiger partial charge is 0.237 e. The largest absolute Gasteiger partial charge is 0.378 e. The van der Waals surface area contributed by atoms with Crippen LogP contribution in [0.25, 0.3) is 0 Å². The number of rotatable bonds is 4. The first kappa shape index (κ1) is 14.0. The van der Waals surface area contributed by atoms with Crippen molar-refractivity contribution < 1.29 is 9.53 Å². The molecular formula is C11H16ClN5O2. The van der Waals surface area contributed by atoms with Crippen molar-refractivity contribution in [1.82, 2.24) is 9.88 Å². The fourth-order valence-electron chi connectivity index (χ4n) is 1.96. The van der Waals surface area contributed by atoms with Gasteiger partial charge in [0.05, 0.1) is 23.9 Å². The molecule has 0 saturated carbocycles. The van der Waals surface area contributed by atoms with Crippen LogP contribution in [0, 0.1) is 0 Å². The number of aromatic nitrogens is 1. The number of carbonyl (C=O) groups excluding carboxylic acids is 1. The van der Waals surface area contributed by atoms with E-state index in [2.05, 4.69) is 10.4 Å². The van der Waals surface area contributed by atoms with Gasteiger partial charge in [-0.25, -0.2) is 10.8 Å². The van der Waals surface area contributed by atoms with Crippen molar-refractivity contribution in [1.29, 1.82) is 0 Å². The Hall–Kier alpha value is -1.41. The zero-order chi connectivity index (χ0) is 13.8. The maximum atomic E-state index is 11.4. The summed E-state index contributed by atoms with van der Waals surface area (Å²) in [6.07, 6.45) is 0. The van der Waals surface area contributed by atoms with E-state index in [0.29, 0.717) is 42.8 Å². The molecule has 1 aliphatic rings. The van der Waals surface area contributed by atoms with E-state index in [9.17, 15) is 4.79 Å². The maximum absolute atomic E-state index is 11.4. The van der Waals surface area contributed by atoms with Crippen LogP contribution in [0.15, 0.2) is 12.1 Å². The summed E-state index contributed by atoms with van der Waals surface area (Å²) in [4.78, 5) is 17.6. The lowest BCUT2D eigenvalue weighted by atomic mass is 10.2. The van der Waals surface area contributed by atoms with Crippen molar-refractivity contribution in [2.24, 2.45) is 11.6 Å². The third-order valence-corrected chi connectivity index (χ3v) is 3.33. The predicted molar refractivity (Wildman–Crippen MR) is 71.3 cm³/mol. The molecule has 5 N–H and O–H groups in total. The van der Waals surface area contributed by atoms with Gasteiger partial charge >= 0.3 is 0 Å². The van der Waals surface area contributed by atoms with Crippen molar-refractivity contribution in [3.05, 3.63) is 22.8 Å². The van der Waals surface area contributed by atoms with Gasteiger partial charge in [-0.05, 0) is 12.1 Å². The Morgan fingerprint density at radius 2 is 2.42 bits per heavy atom. The number of nitrogens with one attached hydrogen (secondary N) is 1. The minimum absolute atomic E-state index is 0.293. The first-order chi connectivity index (χ1) is 9.11. The van der Waals surface area contributed by atoms with Gasteiger partial charge in [-0.2, -0.15) is 0 Å². The molecule has 2 rings (SSSR count). The molecule has 2 heterocycles. The number of carbonyl (C=O) groups is 1. The van der Waals surface area contributed by atoms with Crippen LogP contribution in [-0.2, 0) is 16.1 Å². The van der Waals surface area contributed by atoms with E-state index in [1.54, 1.807) is 12.1 Å². The summed E-state index contributed by atoms with van der Waals surface area (Å²) in [5, 5.41) is 0.522. The molecule has 1 unspecified atom stereocenters. The molecule has 0 radical (unpaired) electrons. The Morgan fingerprint density at radius 3 is 3.11 bits per heavy atom. The average molecular weight is 286 g/mol. The lowest BCUT2D eigenvalue weighted by Gasteiger charge is -2.33. The number of ether oxygens (including phenoxy) is 1. The van der Waals surface area contributed by atoms with E-state index >= 15 is 0 Å². The quantitative estimate of drug-likeness (QED) is 0.518. The zero-order valence-corrected chi connectivity index (χ0v) is 11.1. The molecule has 1 saturated heterocycles. The molecule has 104 valence electrons. The molecule has 1 fully saturated rings. The van der Waals surface area contributed by atoms with Gasteiger partial charge in [0.1, 0.15) is 11.9 Å². The number of hydrazine groups is 1. The Kier molecular flexibility index (Phi) is 4.54. The highest BCUT2D eigenvalue weighted by molar-refractivity contribution is 6.31. The Labute approximate surface area is 115 Å². The average Bonchev–Trinajstić information content (AvgIpc) is 2.41. The van der Waals surface area contributed by atoms with E-state index in [0.717, 1.165) is 0 Å². The van der Waals surface area contributed by atoms with Crippen molar-refractivity contribution in [2.45, 2.75) is 12.6 Å². The van der Waals surface area contributed by atoms with Crippen LogP contribution in [0.2, 0.25) is 5.02 Å². The summed E-state index contributed by atoms with van der Waals surface area (Å²) in [6, 6.07) is 2.93. The summed E-state index contributed by atoms with van der Waals surface area (Å²) in [7, 11) is 0. The molecule has 1 aromatic heterocycles. The number of primary amides is 1. The number of nitrogens with zero attached hydrogens (tertiary/aromatic N) is 2. The van der Waals surface area contributed by atoms with Crippen LogP contribution >= 0.6 is 11.6 Å². The van der Waals surface area contributed by atoms with Gasteiger partial charge in [0, 0.05) is 13.1 Å². The van der Waals surface area contributed by atoms with Crippen LogP contribution in [0.4, 0.5) is 5.82 Å². The second kappa shape index (κ2) is 6.16. The Balaban J connectivity index is 2.16. The fraction of sp³-hybridized carbons (Fsp3) is 0.455. The summed E-state index contributed by atoms with van der Waals surface area (Å²) in [5.74, 6) is 5.42. The van der Waals surface area contributed by atoms with Crippen molar-refractivity contribution >= 4 is 23.3 Å². The van der Waals surface area contributed by atoms with E-state index < -0.39 is 11.9 Å². The topological polar surface area (TPSA) is 106 Å². The second-order valence-corrected chi connectivity index (χ2v) is 4.64. The first-order valence-electron chi connectivity index (χ1n) is 5.85. The minimum atomic E-state index is -0.457. The number of morpholine rings is 1. The van der Waals surface area contributed by atoms with E-state index in [4.69, 9.17) is 27.9 Å². The molecule has 8 heteroatoms. The van der Waals surface area contributed by atoms with Gasteiger partial charge in [-0.15, -0.1) is 0 Å². The number of hydrogen-bond donors (Lipinski definition) is 3. The number of nitrogens with two attached hydrogens (primary N) is 2. The lowest BCUT2D eigenvalue weighted by molar-refractivity contribution is -0.129. The first-order valence-corrected chi connectivity index (χ1v) is 6.22. The zero-order valence-electron chi connectivity index (χ0n) is 10.3. The van der Waals surface area contributed by atoms with Crippen LogP contribution < -0.4 is 17.0 Å². The molecule has 7 nitrogen and oxygen atoms in total. The highest BCUT2D eigenvalue weighted by Crippen LogP contribution is 2.20. The number of halogens is 1. The summed E-state index contributed by atoms with van der Waals surface area (Å²) < 4.78 is 5.26. The number of hydrogen-bond acceptors (Lipinski definition) is 6. The van der Waals surface area contributed by atoms with Crippen LogP contribution in [0.1, 0.15) is 5.69 Å². The number of anilines is 1. The molecule has 0 aromatic carbocycles. The van der Waals surface area contributed by atoms with Crippen molar-refractivity contribution in [3.8, 4) is 0 Å². The van der Waals surface area contributed by atoms with Gasteiger partial charge in [-0.1, -0.05) is 11.6 Å². The summed E-state index contributed by atoms with van der Waals surface area (Å²) in [5.41, 5.74) is 8.46. The molecule has 19 heavy (non-hydrogen) atoms. The van der Waals surface area contributed by atoms with Gasteiger partial charge in [0.2, 0.25) is 5.91 Å². The van der Waals surface area contributed by atoms with Crippen LogP contribution in [0.5, 0.6) is 0 Å². The van der Waals surface area contributed by atoms with Crippen LogP contribution in [0.3, 0.4) is 0 Å². The van der Waals surface area contributed by atoms with E-state index in [1.807, 2.05) is 4.90 Å². The van der Waals surface area contributed by atoms with Crippen molar-refractivity contribution in [2.75, 3.05) is 25.2 Å². The second-order valence-electron chi connectivity index (χ2n) is 4.23. The maximum Gasteiger partial charge on any atom is 0.237 e. The molecule has 1 aliphatic heterocycles. The molecule has 1 amide bonds. The third-order valence-electron chi connectivity index (χ3n) is 2.99. The standard InChI is InChI=1S/C11H16ClN5O2/c12-7-1-2-10(16-14)15-8(7)5-17-3-4-19-6-9(17)11(13)18/h1-2,9H,3-6,14H2,(H2,13,18)(H,15,16). The molecule has 0 spiro atoms. The van der Waals surface area contributed by atoms with E-state index in [-0.39, 0.29) is 0 Å². The predicted octanol–water partition coefficient (Wildman–Crippen LogP) is -0.293. The normalized spacial score (nSPS) is 20.2. The van der Waals surface area contributed by atoms with Gasteiger partial charge in [0.25, 0.3) is 0 Å². The molecular weight excluding hydrogens is 270 g/mol. The Bertz CT molecular complexity index is 470. The van der Waals surface area contributed by atoms with Gasteiger partial charge in [0.15, 0.2) is 0 Å². The molecule has 0 aliphatic carbocycles. The van der Waals surface area contributed by atoms with Crippen LogP contribution in [-0.4, -0.2) is 41.6 Å². The van der Waals surface area contributed by atoms with Crippen molar-refractivity contribution in [3.63, 3.8) is 0 Å². The Morgan fingerprint density at radius 1 is 1.63 bits per heavy atom. The SMILES string of the molecule is NNc1ccc(Cl)c(CN2CCOCC2C(N)=O)n1. The highest BCUT2D eigenvalue weighted by Gasteiger charge is 2.28. The monoisotopic (exact) mass is 285 g/mol. The van der Waals surface area contributed by atoms with Gasteiger partial charge < -0.3 is 15.9 Å². The number of nitrogen functional groups attached to an aromatic ring is 1. The van der Waals surface area contributed by atoms with Gasteiger partial charge in [-0.3, -0.25) is 9.69 Å². The number of pyridine rings is 1. The minimum Gasteiger partial charge on any atom is -0.378 e. The highest BCUT2D eigenvalue weighted by atomic mass is 35.5. The molecule has 1 atom stereocenters. The third kappa shape index (κ3) is 3.32. The lowest BCUT2D eigenvalue weighted by Crippen LogP contribution is -2.52.